The van der Waals surface area contributed by atoms with Crippen LogP contribution in [0.25, 0.3) is 10.9 Å². The Morgan fingerprint density at radius 2 is 1.64 bits per heavy atom. The average molecular weight is 788 g/mol. The molecule has 4 aromatic carbocycles. The molecule has 3 saturated heterocycles. The quantitative estimate of drug-likeness (QED) is 0.0565. The van der Waals surface area contributed by atoms with Crippen LogP contribution in [0.15, 0.2) is 108 Å². The molecule has 3 aliphatic heterocycles. The third kappa shape index (κ3) is 10.1. The van der Waals surface area contributed by atoms with E-state index in [1.165, 1.54) is 12.1 Å². The number of alkyl carbamates (subject to hydrolysis) is 1. The summed E-state index contributed by atoms with van der Waals surface area (Å²) < 4.78 is 11.4. The number of phenolic OH excluding ortho intramolecular Hbond substituents is 1. The zero-order valence-electron chi connectivity index (χ0n) is 32.2. The van der Waals surface area contributed by atoms with Gasteiger partial charge in [-0.1, -0.05) is 60.7 Å². The predicted octanol–water partition coefficient (Wildman–Crippen LogP) is 5.33. The van der Waals surface area contributed by atoms with Gasteiger partial charge in [0.05, 0.1) is 29.8 Å². The van der Waals surface area contributed by atoms with E-state index in [0.29, 0.717) is 47.4 Å². The Morgan fingerprint density at radius 1 is 0.862 bits per heavy atom. The molecule has 0 spiro atoms. The van der Waals surface area contributed by atoms with E-state index in [1.807, 2.05) is 36.4 Å². The lowest BCUT2D eigenvalue weighted by atomic mass is 9.86. The topological polar surface area (TPSA) is 182 Å². The van der Waals surface area contributed by atoms with Crippen LogP contribution in [0.2, 0.25) is 0 Å². The molecule has 13 heteroatoms. The molecule has 1 aromatic heterocycles. The van der Waals surface area contributed by atoms with E-state index < -0.39 is 24.2 Å². The van der Waals surface area contributed by atoms with Gasteiger partial charge in [0.1, 0.15) is 11.9 Å². The molecular formula is C45H49N5O8. The second-order valence-electron chi connectivity index (χ2n) is 14.9. The predicted molar refractivity (Wildman–Crippen MR) is 218 cm³/mol. The standard InChI is InChI=1S/C45H49N5O8/c51-37-17-15-35(36-16-18-40(53)48-42(36)37)38(52)27-46-21-4-5-24-57-44(55)32-13-11-29(12-14-32)26-47-43(54)34-10-6-9-33(25-34)41(31-7-2-1-3-8-31)49-45(56)58-39-28-50-22-19-30(39)20-23-50/h1-3,6-18,25,30,38-39,41,46,51-52H,4-5,19-24,26-28H2,(H,47,54)(H,48,53)(H,49,56)/t38-,39-,41?/m0/s1. The molecule has 3 atom stereocenters. The van der Waals surface area contributed by atoms with E-state index in [2.05, 4.69) is 25.8 Å². The van der Waals surface area contributed by atoms with Gasteiger partial charge in [0.15, 0.2) is 0 Å². The Balaban J connectivity index is 0.842. The highest BCUT2D eigenvalue weighted by atomic mass is 16.6. The Labute approximate surface area is 336 Å². The summed E-state index contributed by atoms with van der Waals surface area (Å²) in [6.07, 6.45) is 1.96. The molecule has 3 aliphatic rings. The number of aliphatic hydroxyl groups is 1. The molecule has 0 radical (unpaired) electrons. The number of unbranched alkanes of at least 4 members (excludes halogenated alkanes) is 1. The zero-order valence-corrected chi connectivity index (χ0v) is 32.2. The molecule has 58 heavy (non-hydrogen) atoms. The second kappa shape index (κ2) is 18.9. The number of nitrogens with one attached hydrogen (secondary N) is 4. The van der Waals surface area contributed by atoms with Gasteiger partial charge >= 0.3 is 12.1 Å². The van der Waals surface area contributed by atoms with Gasteiger partial charge in [-0.15, -0.1) is 0 Å². The number of carbonyl (C=O) groups is 3. The van der Waals surface area contributed by atoms with Crippen molar-refractivity contribution < 1.29 is 34.1 Å². The van der Waals surface area contributed by atoms with Gasteiger partial charge < -0.3 is 40.6 Å². The molecule has 5 aromatic rings. The number of rotatable bonds is 16. The van der Waals surface area contributed by atoms with Crippen LogP contribution in [0, 0.1) is 5.92 Å². The number of hydrogen-bond donors (Lipinski definition) is 6. The summed E-state index contributed by atoms with van der Waals surface area (Å²) in [4.78, 5) is 55.8. The summed E-state index contributed by atoms with van der Waals surface area (Å²) in [6, 6.07) is 29.2. The average Bonchev–Trinajstić information content (AvgIpc) is 3.25. The number of phenols is 1. The smallest absolute Gasteiger partial charge is 0.408 e. The van der Waals surface area contributed by atoms with Gasteiger partial charge in [0.2, 0.25) is 5.56 Å². The Morgan fingerprint density at radius 3 is 2.40 bits per heavy atom. The minimum Gasteiger partial charge on any atom is -0.506 e. The number of piperidine rings is 3. The van der Waals surface area contributed by atoms with E-state index in [1.54, 1.807) is 54.6 Å². The first kappa shape index (κ1) is 40.2. The summed E-state index contributed by atoms with van der Waals surface area (Å²) in [6.45, 7) is 4.21. The maximum atomic E-state index is 13.3. The number of aromatic hydroxyl groups is 1. The van der Waals surface area contributed by atoms with Crippen LogP contribution in [0.3, 0.4) is 0 Å². The summed E-state index contributed by atoms with van der Waals surface area (Å²) in [5.74, 6) is -0.391. The van der Waals surface area contributed by atoms with Crippen LogP contribution in [0.1, 0.15) is 80.8 Å². The lowest BCUT2D eigenvalue weighted by Gasteiger charge is -2.43. The number of ether oxygens (including phenoxy) is 2. The van der Waals surface area contributed by atoms with Gasteiger partial charge in [-0.3, -0.25) is 14.5 Å². The number of esters is 1. The highest BCUT2D eigenvalue weighted by Gasteiger charge is 2.37. The van der Waals surface area contributed by atoms with Gasteiger partial charge in [0.25, 0.3) is 5.91 Å². The molecule has 8 rings (SSSR count). The first-order chi connectivity index (χ1) is 28.2. The van der Waals surface area contributed by atoms with Crippen molar-refractivity contribution >= 4 is 28.9 Å². The highest BCUT2D eigenvalue weighted by molar-refractivity contribution is 5.94. The minimum absolute atomic E-state index is 0.0624. The first-order valence-electron chi connectivity index (χ1n) is 19.8. The number of aromatic amines is 1. The van der Waals surface area contributed by atoms with Crippen molar-refractivity contribution in [2.24, 2.45) is 5.92 Å². The van der Waals surface area contributed by atoms with Crippen LogP contribution in [0.5, 0.6) is 5.75 Å². The van der Waals surface area contributed by atoms with Gasteiger partial charge in [0, 0.05) is 36.7 Å². The molecule has 2 bridgehead atoms. The van der Waals surface area contributed by atoms with Crippen molar-refractivity contribution in [1.82, 2.24) is 25.8 Å². The molecule has 3 fully saturated rings. The van der Waals surface area contributed by atoms with Crippen molar-refractivity contribution in [3.63, 3.8) is 0 Å². The SMILES string of the molecule is O=C(NC(c1ccccc1)c1cccc(C(=O)NCc2ccc(C(=O)OCCCCNC[C@H](O)c3ccc(O)c4[nH]c(=O)ccc34)cc2)c1)O[C@H]1CN2CCC1CC2. The summed E-state index contributed by atoms with van der Waals surface area (Å²) in [5, 5.41) is 30.6. The normalized spacial score (nSPS) is 18.3. The number of aliphatic hydroxyl groups excluding tert-OH is 1. The number of benzene rings is 4. The number of H-pyrrole nitrogens is 1. The van der Waals surface area contributed by atoms with Crippen molar-refractivity contribution in [2.75, 3.05) is 39.3 Å². The largest absolute Gasteiger partial charge is 0.506 e. The second-order valence-corrected chi connectivity index (χ2v) is 14.9. The van der Waals surface area contributed by atoms with E-state index in [9.17, 15) is 29.4 Å². The number of carbonyl (C=O) groups excluding carboxylic acids is 3. The van der Waals surface area contributed by atoms with Crippen molar-refractivity contribution in [3.05, 3.63) is 147 Å². The maximum Gasteiger partial charge on any atom is 0.408 e. The van der Waals surface area contributed by atoms with E-state index in [-0.39, 0.29) is 48.5 Å². The number of pyridine rings is 1. The van der Waals surface area contributed by atoms with Gasteiger partial charge in [-0.05, 0) is 110 Å². The van der Waals surface area contributed by atoms with Crippen LogP contribution >= 0.6 is 0 Å². The zero-order chi connectivity index (χ0) is 40.4. The molecule has 2 amide bonds. The Bertz CT molecular complexity index is 2260. The molecule has 302 valence electrons. The Hall–Kier alpha value is -6.02. The number of fused-ring (bicyclic) bond motifs is 4. The third-order valence-corrected chi connectivity index (χ3v) is 11.0. The number of nitrogens with zero attached hydrogens (tertiary/aromatic N) is 1. The maximum absolute atomic E-state index is 13.3. The van der Waals surface area contributed by atoms with Crippen LogP contribution < -0.4 is 21.5 Å². The lowest BCUT2D eigenvalue weighted by molar-refractivity contribution is -0.0336. The highest BCUT2D eigenvalue weighted by Crippen LogP contribution is 2.31. The van der Waals surface area contributed by atoms with E-state index >= 15 is 0 Å². The van der Waals surface area contributed by atoms with Crippen molar-refractivity contribution in [3.8, 4) is 5.75 Å². The third-order valence-electron chi connectivity index (χ3n) is 11.0. The van der Waals surface area contributed by atoms with Crippen LogP contribution in [0.4, 0.5) is 4.79 Å². The molecular weight excluding hydrogens is 739 g/mol. The Kier molecular flexibility index (Phi) is 13.1. The summed E-state index contributed by atoms with van der Waals surface area (Å²) in [5.41, 5.74) is 3.81. The fourth-order valence-electron chi connectivity index (χ4n) is 7.74. The van der Waals surface area contributed by atoms with Crippen LogP contribution in [-0.4, -0.2) is 83.5 Å². The van der Waals surface area contributed by atoms with Gasteiger partial charge in [-0.25, -0.2) is 9.59 Å². The first-order valence-corrected chi connectivity index (χ1v) is 19.8. The molecule has 4 heterocycles. The monoisotopic (exact) mass is 787 g/mol. The van der Waals surface area contributed by atoms with E-state index in [0.717, 1.165) is 49.2 Å². The summed E-state index contributed by atoms with van der Waals surface area (Å²) in [7, 11) is 0. The molecule has 0 aliphatic carbocycles. The minimum atomic E-state index is -0.854. The van der Waals surface area contributed by atoms with Gasteiger partial charge in [-0.2, -0.15) is 0 Å². The lowest BCUT2D eigenvalue weighted by Crippen LogP contribution is -2.52. The van der Waals surface area contributed by atoms with Crippen molar-refractivity contribution in [2.45, 2.75) is 50.5 Å². The van der Waals surface area contributed by atoms with Crippen molar-refractivity contribution in [1.29, 1.82) is 0 Å². The summed E-state index contributed by atoms with van der Waals surface area (Å²) >= 11 is 0. The van der Waals surface area contributed by atoms with E-state index in [4.69, 9.17) is 9.47 Å². The molecule has 6 N–H and O–H groups in total. The molecule has 1 unspecified atom stereocenters. The fraction of sp³-hybridized carbons (Fsp3) is 0.333. The van der Waals surface area contributed by atoms with Crippen LogP contribution in [-0.2, 0) is 16.0 Å². The number of hydrogen-bond acceptors (Lipinski definition) is 10. The number of aromatic nitrogens is 1. The molecule has 13 nitrogen and oxygen atoms in total. The fourth-order valence-corrected chi connectivity index (χ4v) is 7.74. The molecule has 0 saturated carbocycles. The number of amides is 2.